The highest BCUT2D eigenvalue weighted by Gasteiger charge is 2.34. The molecule has 1 N–H and O–H groups in total. The molecule has 0 bridgehead atoms. The van der Waals surface area contributed by atoms with E-state index in [0.29, 0.717) is 26.1 Å². The molecule has 2 unspecified atom stereocenters. The Morgan fingerprint density at radius 3 is 2.95 bits per heavy atom. The maximum Gasteiger partial charge on any atom is 0.225 e. The van der Waals surface area contributed by atoms with Gasteiger partial charge >= 0.3 is 0 Å². The molecule has 0 aromatic rings. The van der Waals surface area contributed by atoms with Crippen molar-refractivity contribution >= 4 is 11.8 Å². The first-order valence-electron chi connectivity index (χ1n) is 7.38. The summed E-state index contributed by atoms with van der Waals surface area (Å²) in [5.74, 6) is -0.128. The molecule has 2 aliphatic rings. The minimum absolute atomic E-state index is 0.0128. The minimum atomic E-state index is -0.203. The van der Waals surface area contributed by atoms with Crippen molar-refractivity contribution in [2.45, 2.75) is 25.4 Å². The molecule has 0 aromatic heterocycles. The molecule has 6 heteroatoms. The summed E-state index contributed by atoms with van der Waals surface area (Å²) in [5, 5.41) is 2.92. The number of nitrogens with zero attached hydrogens (tertiary/aromatic N) is 2. The van der Waals surface area contributed by atoms with Crippen LogP contribution in [-0.2, 0) is 14.3 Å². The summed E-state index contributed by atoms with van der Waals surface area (Å²) >= 11 is 0. The van der Waals surface area contributed by atoms with Gasteiger partial charge in [-0.15, -0.1) is 0 Å². The van der Waals surface area contributed by atoms with Crippen LogP contribution in [0, 0.1) is 5.92 Å². The Kier molecular flexibility index (Phi) is 5.37. The van der Waals surface area contributed by atoms with Gasteiger partial charge in [-0.3, -0.25) is 9.59 Å². The van der Waals surface area contributed by atoms with E-state index in [1.807, 2.05) is 19.0 Å². The van der Waals surface area contributed by atoms with Crippen LogP contribution >= 0.6 is 0 Å². The van der Waals surface area contributed by atoms with Crippen molar-refractivity contribution in [3.63, 3.8) is 0 Å². The van der Waals surface area contributed by atoms with Gasteiger partial charge in [-0.2, -0.15) is 0 Å². The number of amides is 2. The summed E-state index contributed by atoms with van der Waals surface area (Å²) in [6, 6.07) is 0. The first kappa shape index (κ1) is 15.3. The van der Waals surface area contributed by atoms with E-state index in [0.717, 1.165) is 26.0 Å². The molecule has 0 spiro atoms. The van der Waals surface area contributed by atoms with Crippen LogP contribution < -0.4 is 5.32 Å². The predicted molar refractivity (Wildman–Crippen MR) is 75.2 cm³/mol. The normalized spacial score (nSPS) is 26.6. The predicted octanol–water partition coefficient (Wildman–Crippen LogP) is -0.308. The second-order valence-corrected chi connectivity index (χ2v) is 5.92. The molecule has 0 radical (unpaired) electrons. The van der Waals surface area contributed by atoms with Gasteiger partial charge in [0.1, 0.15) is 0 Å². The van der Waals surface area contributed by atoms with E-state index in [-0.39, 0.29) is 23.8 Å². The molecule has 2 atom stereocenters. The number of hydrogen-bond donors (Lipinski definition) is 1. The van der Waals surface area contributed by atoms with Crippen LogP contribution in [-0.4, -0.2) is 74.6 Å². The Balaban J connectivity index is 1.72. The van der Waals surface area contributed by atoms with Crippen LogP contribution in [0.15, 0.2) is 0 Å². The van der Waals surface area contributed by atoms with E-state index < -0.39 is 0 Å². The van der Waals surface area contributed by atoms with Crippen LogP contribution in [0.3, 0.4) is 0 Å². The SMILES string of the molecule is CN(C)CCN1CC(C(=O)NCC2CCCO2)CC1=O. The highest BCUT2D eigenvalue weighted by Crippen LogP contribution is 2.18. The van der Waals surface area contributed by atoms with Gasteiger partial charge in [-0.1, -0.05) is 0 Å². The zero-order chi connectivity index (χ0) is 14.5. The smallest absolute Gasteiger partial charge is 0.225 e. The van der Waals surface area contributed by atoms with Crippen molar-refractivity contribution in [1.82, 2.24) is 15.1 Å². The quantitative estimate of drug-likeness (QED) is 0.726. The summed E-state index contributed by atoms with van der Waals surface area (Å²) < 4.78 is 5.48. The van der Waals surface area contributed by atoms with Gasteiger partial charge in [0.05, 0.1) is 12.0 Å². The minimum Gasteiger partial charge on any atom is -0.376 e. The highest BCUT2D eigenvalue weighted by atomic mass is 16.5. The lowest BCUT2D eigenvalue weighted by atomic mass is 10.1. The van der Waals surface area contributed by atoms with Crippen LogP contribution in [0.5, 0.6) is 0 Å². The number of ether oxygens (including phenoxy) is 1. The fourth-order valence-corrected chi connectivity index (χ4v) is 2.65. The third kappa shape index (κ3) is 4.18. The van der Waals surface area contributed by atoms with Crippen molar-refractivity contribution in [2.75, 3.05) is 46.9 Å². The Labute approximate surface area is 120 Å². The molecule has 2 heterocycles. The zero-order valence-electron chi connectivity index (χ0n) is 12.4. The van der Waals surface area contributed by atoms with Gasteiger partial charge in [-0.05, 0) is 26.9 Å². The molecule has 0 saturated carbocycles. The lowest BCUT2D eigenvalue weighted by Gasteiger charge is -2.19. The van der Waals surface area contributed by atoms with Crippen LogP contribution in [0.25, 0.3) is 0 Å². The maximum atomic E-state index is 12.1. The van der Waals surface area contributed by atoms with Gasteiger partial charge in [0.25, 0.3) is 0 Å². The van der Waals surface area contributed by atoms with E-state index in [1.165, 1.54) is 0 Å². The third-order valence-electron chi connectivity index (χ3n) is 3.93. The topological polar surface area (TPSA) is 61.9 Å². The number of carbonyl (C=O) groups is 2. The largest absolute Gasteiger partial charge is 0.376 e. The summed E-state index contributed by atoms with van der Waals surface area (Å²) in [6.07, 6.45) is 2.57. The molecule has 0 aliphatic carbocycles. The lowest BCUT2D eigenvalue weighted by Crippen LogP contribution is -2.38. The second kappa shape index (κ2) is 7.04. The molecular weight excluding hydrogens is 258 g/mol. The molecule has 2 fully saturated rings. The number of likely N-dealkylation sites (tertiary alicyclic amines) is 1. The molecule has 114 valence electrons. The first-order valence-corrected chi connectivity index (χ1v) is 7.38. The summed E-state index contributed by atoms with van der Waals surface area (Å²) in [4.78, 5) is 27.8. The molecule has 2 rings (SSSR count). The van der Waals surface area contributed by atoms with Gasteiger partial charge in [0.2, 0.25) is 11.8 Å². The molecular formula is C14H25N3O3. The van der Waals surface area contributed by atoms with Crippen molar-refractivity contribution in [3.8, 4) is 0 Å². The van der Waals surface area contributed by atoms with Gasteiger partial charge in [0.15, 0.2) is 0 Å². The lowest BCUT2D eigenvalue weighted by molar-refractivity contribution is -0.129. The van der Waals surface area contributed by atoms with Crippen molar-refractivity contribution in [1.29, 1.82) is 0 Å². The van der Waals surface area contributed by atoms with E-state index in [9.17, 15) is 9.59 Å². The number of nitrogens with one attached hydrogen (secondary N) is 1. The van der Waals surface area contributed by atoms with E-state index in [2.05, 4.69) is 5.32 Å². The second-order valence-electron chi connectivity index (χ2n) is 5.92. The number of rotatable bonds is 6. The van der Waals surface area contributed by atoms with Gasteiger partial charge < -0.3 is 19.9 Å². The van der Waals surface area contributed by atoms with E-state index in [1.54, 1.807) is 4.90 Å². The number of carbonyl (C=O) groups excluding carboxylic acids is 2. The van der Waals surface area contributed by atoms with Gasteiger partial charge in [-0.25, -0.2) is 0 Å². The fourth-order valence-electron chi connectivity index (χ4n) is 2.65. The average molecular weight is 283 g/mol. The molecule has 2 aliphatic heterocycles. The Bertz CT molecular complexity index is 354. The maximum absolute atomic E-state index is 12.1. The number of hydrogen-bond acceptors (Lipinski definition) is 4. The van der Waals surface area contributed by atoms with Crippen molar-refractivity contribution in [3.05, 3.63) is 0 Å². The third-order valence-corrected chi connectivity index (χ3v) is 3.93. The first-order chi connectivity index (χ1) is 9.56. The van der Waals surface area contributed by atoms with Crippen LogP contribution in [0.1, 0.15) is 19.3 Å². The van der Waals surface area contributed by atoms with E-state index in [4.69, 9.17) is 4.74 Å². The summed E-state index contributed by atoms with van der Waals surface area (Å²) in [7, 11) is 3.96. The van der Waals surface area contributed by atoms with E-state index >= 15 is 0 Å². The van der Waals surface area contributed by atoms with Crippen LogP contribution in [0.4, 0.5) is 0 Å². The Hall–Kier alpha value is -1.14. The summed E-state index contributed by atoms with van der Waals surface area (Å²) in [6.45, 7) is 3.43. The molecule has 2 amide bonds. The fraction of sp³-hybridized carbons (Fsp3) is 0.857. The molecule has 0 aromatic carbocycles. The van der Waals surface area contributed by atoms with Crippen molar-refractivity contribution in [2.24, 2.45) is 5.92 Å². The average Bonchev–Trinajstić information content (AvgIpc) is 3.03. The van der Waals surface area contributed by atoms with Crippen LogP contribution in [0.2, 0.25) is 0 Å². The van der Waals surface area contributed by atoms with Gasteiger partial charge in [0, 0.05) is 39.2 Å². The highest BCUT2D eigenvalue weighted by molar-refractivity contribution is 5.89. The zero-order valence-corrected chi connectivity index (χ0v) is 12.4. The standard InChI is InChI=1S/C14H25N3O3/c1-16(2)5-6-17-10-11(8-13(17)18)14(19)15-9-12-4-3-7-20-12/h11-12H,3-10H2,1-2H3,(H,15,19). The monoisotopic (exact) mass is 283 g/mol. The molecule has 20 heavy (non-hydrogen) atoms. The molecule has 6 nitrogen and oxygen atoms in total. The van der Waals surface area contributed by atoms with Crippen molar-refractivity contribution < 1.29 is 14.3 Å². The summed E-state index contributed by atoms with van der Waals surface area (Å²) in [5.41, 5.74) is 0. The number of likely N-dealkylation sites (N-methyl/N-ethyl adjacent to an activating group) is 1. The Morgan fingerprint density at radius 1 is 1.50 bits per heavy atom. The molecule has 2 saturated heterocycles. The Morgan fingerprint density at radius 2 is 2.30 bits per heavy atom.